The van der Waals surface area contributed by atoms with E-state index >= 15 is 0 Å². The molecule has 3 aliphatic heterocycles. The predicted molar refractivity (Wildman–Crippen MR) is 161 cm³/mol. The number of alkyl halides is 1. The Morgan fingerprint density at radius 1 is 1.21 bits per heavy atom. The maximum Gasteiger partial charge on any atom is 0.318 e. The summed E-state index contributed by atoms with van der Waals surface area (Å²) in [5.41, 5.74) is 2.98. The SMILES string of the molecule is CC(F)C(=O)N1CCN(c2nc(OC[C@@H]3CCCN3)nc3c2CCN(c2cccc4cccc(Cl)c24)C3)C[C@@H]1CC#N. The van der Waals surface area contributed by atoms with E-state index in [1.54, 1.807) is 0 Å². The molecule has 9 nitrogen and oxygen atoms in total. The molecule has 1 N–H and O–H groups in total. The summed E-state index contributed by atoms with van der Waals surface area (Å²) in [5, 5.41) is 15.8. The van der Waals surface area contributed by atoms with Crippen molar-refractivity contribution in [1.29, 1.82) is 5.26 Å². The van der Waals surface area contributed by atoms with Gasteiger partial charge in [0.15, 0.2) is 6.17 Å². The van der Waals surface area contributed by atoms with Gasteiger partial charge in [0, 0.05) is 48.9 Å². The highest BCUT2D eigenvalue weighted by Gasteiger charge is 2.35. The molecule has 3 aromatic rings. The zero-order valence-electron chi connectivity index (χ0n) is 23.7. The largest absolute Gasteiger partial charge is 0.462 e. The Bertz CT molecular complexity index is 1500. The van der Waals surface area contributed by atoms with Crippen molar-refractivity contribution in [3.05, 3.63) is 52.7 Å². The number of anilines is 2. The van der Waals surface area contributed by atoms with Gasteiger partial charge in [-0.25, -0.2) is 4.39 Å². The third-order valence-corrected chi connectivity index (χ3v) is 8.82. The number of fused-ring (bicyclic) bond motifs is 2. The summed E-state index contributed by atoms with van der Waals surface area (Å²) < 4.78 is 20.1. The Morgan fingerprint density at radius 2 is 2.05 bits per heavy atom. The van der Waals surface area contributed by atoms with E-state index in [0.717, 1.165) is 59.5 Å². The molecule has 2 saturated heterocycles. The Labute approximate surface area is 250 Å². The van der Waals surface area contributed by atoms with Crippen molar-refractivity contribution in [2.45, 2.75) is 57.4 Å². The zero-order valence-corrected chi connectivity index (χ0v) is 24.5. The lowest BCUT2D eigenvalue weighted by Gasteiger charge is -2.42. The molecule has 3 aliphatic rings. The van der Waals surface area contributed by atoms with Crippen LogP contribution in [-0.4, -0.2) is 78.4 Å². The molecule has 0 bridgehead atoms. The number of hydrogen-bond acceptors (Lipinski definition) is 8. The summed E-state index contributed by atoms with van der Waals surface area (Å²) in [6.07, 6.45) is 1.39. The van der Waals surface area contributed by atoms with Crippen molar-refractivity contribution in [1.82, 2.24) is 20.2 Å². The van der Waals surface area contributed by atoms with E-state index in [0.29, 0.717) is 50.2 Å². The molecule has 0 aliphatic carbocycles. The van der Waals surface area contributed by atoms with Crippen LogP contribution in [-0.2, 0) is 17.8 Å². The summed E-state index contributed by atoms with van der Waals surface area (Å²) in [7, 11) is 0. The topological polar surface area (TPSA) is 97.6 Å². The Morgan fingerprint density at radius 3 is 2.81 bits per heavy atom. The smallest absolute Gasteiger partial charge is 0.318 e. The van der Waals surface area contributed by atoms with E-state index in [2.05, 4.69) is 39.4 Å². The number of benzene rings is 2. The van der Waals surface area contributed by atoms with Crippen molar-refractivity contribution in [2.75, 3.05) is 49.1 Å². The van der Waals surface area contributed by atoms with Crippen LogP contribution in [0.4, 0.5) is 15.9 Å². The Balaban J connectivity index is 1.33. The number of hydrogen-bond donors (Lipinski definition) is 1. The first-order chi connectivity index (χ1) is 20.4. The van der Waals surface area contributed by atoms with Gasteiger partial charge in [-0.05, 0) is 50.2 Å². The van der Waals surface area contributed by atoms with Crippen molar-refractivity contribution >= 4 is 39.8 Å². The molecule has 0 spiro atoms. The van der Waals surface area contributed by atoms with Gasteiger partial charge >= 0.3 is 6.01 Å². The fourth-order valence-electron chi connectivity index (χ4n) is 6.38. The third kappa shape index (κ3) is 5.68. The van der Waals surface area contributed by atoms with Gasteiger partial charge in [0.2, 0.25) is 0 Å². The van der Waals surface area contributed by atoms with Crippen LogP contribution in [0.15, 0.2) is 36.4 Å². The van der Waals surface area contributed by atoms with Gasteiger partial charge in [-0.15, -0.1) is 0 Å². The van der Waals surface area contributed by atoms with Crippen molar-refractivity contribution in [2.24, 2.45) is 0 Å². The van der Waals surface area contributed by atoms with E-state index in [-0.39, 0.29) is 12.5 Å². The van der Waals surface area contributed by atoms with E-state index in [1.807, 2.05) is 18.2 Å². The molecular weight excluding hydrogens is 557 g/mol. The van der Waals surface area contributed by atoms with Gasteiger partial charge in [-0.3, -0.25) is 4.79 Å². The molecule has 1 amide bonds. The van der Waals surface area contributed by atoms with E-state index in [1.165, 1.54) is 11.8 Å². The zero-order chi connectivity index (χ0) is 29.2. The lowest BCUT2D eigenvalue weighted by molar-refractivity contribution is -0.138. The van der Waals surface area contributed by atoms with Crippen LogP contribution in [0.3, 0.4) is 0 Å². The number of ether oxygens (including phenoxy) is 1. The molecule has 2 fully saturated rings. The standard InChI is InChI=1S/C31H35ClFN7O2/c1-20(33)30(41)40-16-15-39(17-23(40)10-12-34)29-24-11-14-38(27-9-3-6-21-5-2-8-25(32)28(21)27)18-26(24)36-31(37-29)42-19-22-7-4-13-35-22/h2-3,5-6,8-9,20,22-23,35H,4,7,10-11,13-19H2,1H3/t20?,22-,23-/m0/s1. The maximum absolute atomic E-state index is 14.0. The molecule has 1 unspecified atom stereocenters. The minimum atomic E-state index is -1.61. The van der Waals surface area contributed by atoms with Crippen LogP contribution < -0.4 is 19.9 Å². The highest BCUT2D eigenvalue weighted by atomic mass is 35.5. The predicted octanol–water partition coefficient (Wildman–Crippen LogP) is 4.27. The number of rotatable bonds is 7. The second kappa shape index (κ2) is 12.3. The Hall–Kier alpha value is -3.68. The second-order valence-electron chi connectivity index (χ2n) is 11.3. The molecule has 6 rings (SSSR count). The lowest BCUT2D eigenvalue weighted by atomic mass is 10.0. The molecule has 4 heterocycles. The number of amides is 1. The number of carbonyl (C=O) groups is 1. The van der Waals surface area contributed by atoms with Crippen molar-refractivity contribution in [3.8, 4) is 12.1 Å². The van der Waals surface area contributed by atoms with Crippen LogP contribution in [0, 0.1) is 11.3 Å². The molecule has 0 saturated carbocycles. The first-order valence-corrected chi connectivity index (χ1v) is 15.1. The molecule has 11 heteroatoms. The minimum absolute atomic E-state index is 0.120. The fraction of sp³-hybridized carbons (Fsp3) is 0.484. The quantitative estimate of drug-likeness (QED) is 0.435. The minimum Gasteiger partial charge on any atom is -0.462 e. The van der Waals surface area contributed by atoms with E-state index < -0.39 is 18.1 Å². The van der Waals surface area contributed by atoms with Crippen LogP contribution in [0.1, 0.15) is 37.4 Å². The summed E-state index contributed by atoms with van der Waals surface area (Å²) in [4.78, 5) is 28.3. The van der Waals surface area contributed by atoms with Crippen LogP contribution in [0.5, 0.6) is 6.01 Å². The maximum atomic E-state index is 14.0. The molecule has 1 aromatic heterocycles. The number of nitriles is 1. The normalized spacial score (nSPS) is 21.2. The molecule has 2 aromatic carbocycles. The number of halogens is 2. The lowest BCUT2D eigenvalue weighted by Crippen LogP contribution is -2.57. The highest BCUT2D eigenvalue weighted by molar-refractivity contribution is 6.36. The average Bonchev–Trinajstić information content (AvgIpc) is 3.53. The van der Waals surface area contributed by atoms with Gasteiger partial charge in [-0.2, -0.15) is 15.2 Å². The highest BCUT2D eigenvalue weighted by Crippen LogP contribution is 2.37. The molecular formula is C31H35ClFN7O2. The van der Waals surface area contributed by atoms with Gasteiger partial charge in [-0.1, -0.05) is 35.9 Å². The molecule has 42 heavy (non-hydrogen) atoms. The summed E-state index contributed by atoms with van der Waals surface area (Å²) >= 11 is 6.67. The number of aromatic nitrogens is 2. The van der Waals surface area contributed by atoms with Gasteiger partial charge in [0.1, 0.15) is 12.4 Å². The van der Waals surface area contributed by atoms with Crippen molar-refractivity contribution < 1.29 is 13.9 Å². The van der Waals surface area contributed by atoms with E-state index in [4.69, 9.17) is 26.3 Å². The summed E-state index contributed by atoms with van der Waals surface area (Å²) in [5.74, 6) is 0.199. The molecule has 0 radical (unpaired) electrons. The first kappa shape index (κ1) is 28.4. The monoisotopic (exact) mass is 591 g/mol. The number of carbonyl (C=O) groups excluding carboxylic acids is 1. The van der Waals surface area contributed by atoms with Crippen LogP contribution >= 0.6 is 11.6 Å². The number of nitrogens with zero attached hydrogens (tertiary/aromatic N) is 6. The third-order valence-electron chi connectivity index (χ3n) is 8.50. The number of nitrogens with one attached hydrogen (secondary N) is 1. The van der Waals surface area contributed by atoms with Gasteiger partial charge < -0.3 is 24.8 Å². The second-order valence-corrected chi connectivity index (χ2v) is 11.7. The van der Waals surface area contributed by atoms with Gasteiger partial charge in [0.05, 0.1) is 35.8 Å². The first-order valence-electron chi connectivity index (χ1n) is 14.7. The van der Waals surface area contributed by atoms with Gasteiger partial charge in [0.25, 0.3) is 5.91 Å². The average molecular weight is 592 g/mol. The van der Waals surface area contributed by atoms with Crippen LogP contribution in [0.2, 0.25) is 5.02 Å². The van der Waals surface area contributed by atoms with Crippen LogP contribution in [0.25, 0.3) is 10.8 Å². The van der Waals surface area contributed by atoms with Crippen molar-refractivity contribution in [3.63, 3.8) is 0 Å². The summed E-state index contributed by atoms with van der Waals surface area (Å²) in [6, 6.07) is 14.5. The summed E-state index contributed by atoms with van der Waals surface area (Å²) in [6.45, 7) is 5.21. The fourth-order valence-corrected chi connectivity index (χ4v) is 6.66. The van der Waals surface area contributed by atoms with E-state index in [9.17, 15) is 14.4 Å². The number of piperazine rings is 1. The Kier molecular flexibility index (Phi) is 8.31. The molecule has 3 atom stereocenters. The molecule has 220 valence electrons.